The molecule has 0 saturated heterocycles. The van der Waals surface area contributed by atoms with Gasteiger partial charge in [0.05, 0.1) is 18.9 Å². The zero-order chi connectivity index (χ0) is 28.6. The third kappa shape index (κ3) is 8.28. The van der Waals surface area contributed by atoms with Crippen molar-refractivity contribution in [2.24, 2.45) is 11.5 Å². The number of carboxylic acid groups (broad SMARTS) is 2. The average Bonchev–Trinajstić information content (AvgIpc) is 3.24. The summed E-state index contributed by atoms with van der Waals surface area (Å²) in [6.45, 7) is 1.21. The SMILES string of the molecule is CC(O)C(N)C(=O)NC(CC(=O)O)C(=O)NC(CC(N)=O)C(=O)NC(Cc1c[nH]c2ccccc12)C(=O)O. The molecule has 1 aromatic heterocycles. The zero-order valence-electron chi connectivity index (χ0n) is 20.3. The van der Waals surface area contributed by atoms with E-state index >= 15 is 0 Å². The second kappa shape index (κ2) is 13.2. The highest BCUT2D eigenvalue weighted by molar-refractivity contribution is 5.97. The highest BCUT2D eigenvalue weighted by Gasteiger charge is 2.33. The Balaban J connectivity index is 2.20. The van der Waals surface area contributed by atoms with E-state index in [0.29, 0.717) is 5.56 Å². The topological polar surface area (TPSA) is 267 Å². The van der Waals surface area contributed by atoms with Crippen molar-refractivity contribution >= 4 is 46.5 Å². The van der Waals surface area contributed by atoms with Gasteiger partial charge in [0.15, 0.2) is 0 Å². The summed E-state index contributed by atoms with van der Waals surface area (Å²) in [6.07, 6.45) is -1.54. The van der Waals surface area contributed by atoms with Crippen LogP contribution in [0, 0.1) is 0 Å². The Kier molecular flexibility index (Phi) is 10.3. The van der Waals surface area contributed by atoms with Gasteiger partial charge in [-0.15, -0.1) is 0 Å². The lowest BCUT2D eigenvalue weighted by Gasteiger charge is -2.24. The predicted molar refractivity (Wildman–Crippen MR) is 131 cm³/mol. The van der Waals surface area contributed by atoms with E-state index in [1.807, 2.05) is 0 Å². The number of benzene rings is 1. The van der Waals surface area contributed by atoms with E-state index < -0.39 is 78.7 Å². The summed E-state index contributed by atoms with van der Waals surface area (Å²) in [5, 5.41) is 35.4. The monoisotopic (exact) mass is 534 g/mol. The zero-order valence-corrected chi connectivity index (χ0v) is 20.3. The van der Waals surface area contributed by atoms with Crippen LogP contribution in [0.4, 0.5) is 0 Å². The van der Waals surface area contributed by atoms with Gasteiger partial charge < -0.3 is 47.7 Å². The molecular formula is C23H30N6O9. The molecule has 0 spiro atoms. The number of aliphatic hydroxyl groups is 1. The first-order valence-electron chi connectivity index (χ1n) is 11.4. The van der Waals surface area contributed by atoms with Crippen LogP contribution in [0.2, 0.25) is 0 Å². The van der Waals surface area contributed by atoms with Crippen molar-refractivity contribution in [1.29, 1.82) is 0 Å². The number of rotatable bonds is 14. The summed E-state index contributed by atoms with van der Waals surface area (Å²) in [7, 11) is 0. The van der Waals surface area contributed by atoms with Gasteiger partial charge in [0, 0.05) is 23.5 Å². The maximum Gasteiger partial charge on any atom is 0.326 e. The molecule has 0 aliphatic heterocycles. The average molecular weight is 535 g/mol. The fraction of sp³-hybridized carbons (Fsp3) is 0.391. The fourth-order valence-electron chi connectivity index (χ4n) is 3.55. The van der Waals surface area contributed by atoms with Gasteiger partial charge in [-0.05, 0) is 18.6 Å². The minimum absolute atomic E-state index is 0.142. The Morgan fingerprint density at radius 2 is 1.45 bits per heavy atom. The number of aromatic nitrogens is 1. The molecule has 0 aliphatic carbocycles. The van der Waals surface area contributed by atoms with Gasteiger partial charge in [0.25, 0.3) is 0 Å². The lowest BCUT2D eigenvalue weighted by atomic mass is 10.0. The van der Waals surface area contributed by atoms with Crippen molar-refractivity contribution < 1.29 is 44.1 Å². The van der Waals surface area contributed by atoms with Crippen LogP contribution in [0.1, 0.15) is 25.3 Å². The van der Waals surface area contributed by atoms with Crippen molar-refractivity contribution in [3.05, 3.63) is 36.0 Å². The van der Waals surface area contributed by atoms with E-state index in [1.165, 1.54) is 6.92 Å². The second-order valence-electron chi connectivity index (χ2n) is 8.62. The smallest absolute Gasteiger partial charge is 0.326 e. The number of H-pyrrole nitrogens is 1. The van der Waals surface area contributed by atoms with Gasteiger partial charge in [-0.2, -0.15) is 0 Å². The van der Waals surface area contributed by atoms with Crippen molar-refractivity contribution in [3.8, 4) is 0 Å². The fourth-order valence-corrected chi connectivity index (χ4v) is 3.55. The van der Waals surface area contributed by atoms with E-state index in [-0.39, 0.29) is 6.42 Å². The summed E-state index contributed by atoms with van der Waals surface area (Å²) < 4.78 is 0. The van der Waals surface area contributed by atoms with Crippen LogP contribution >= 0.6 is 0 Å². The Hall–Kier alpha value is -4.50. The number of primary amides is 1. The van der Waals surface area contributed by atoms with Crippen molar-refractivity contribution in [3.63, 3.8) is 0 Å². The van der Waals surface area contributed by atoms with Gasteiger partial charge in [-0.1, -0.05) is 18.2 Å². The number of aliphatic hydroxyl groups excluding tert-OH is 1. The van der Waals surface area contributed by atoms with E-state index in [2.05, 4.69) is 20.9 Å². The van der Waals surface area contributed by atoms with Gasteiger partial charge >= 0.3 is 11.9 Å². The van der Waals surface area contributed by atoms with Crippen LogP contribution in [0.25, 0.3) is 10.9 Å². The number of carboxylic acids is 2. The number of carbonyl (C=O) groups is 6. The van der Waals surface area contributed by atoms with Gasteiger partial charge in [-0.25, -0.2) is 4.79 Å². The summed E-state index contributed by atoms with van der Waals surface area (Å²) in [5.74, 6) is -7.20. The number of aromatic amines is 1. The van der Waals surface area contributed by atoms with Crippen LogP contribution in [0.5, 0.6) is 0 Å². The van der Waals surface area contributed by atoms with Crippen LogP contribution in [0.15, 0.2) is 30.5 Å². The molecule has 0 aliphatic rings. The molecule has 0 saturated carbocycles. The van der Waals surface area contributed by atoms with Crippen molar-refractivity contribution in [2.45, 2.75) is 56.5 Å². The molecule has 11 N–H and O–H groups in total. The first-order valence-corrected chi connectivity index (χ1v) is 11.4. The Labute approximate surface area is 215 Å². The number of nitrogens with one attached hydrogen (secondary N) is 4. The number of para-hydroxylation sites is 1. The van der Waals surface area contributed by atoms with Crippen LogP contribution in [-0.4, -0.2) is 86.1 Å². The van der Waals surface area contributed by atoms with Crippen molar-refractivity contribution in [2.75, 3.05) is 0 Å². The van der Waals surface area contributed by atoms with Gasteiger partial charge in [-0.3, -0.25) is 24.0 Å². The molecule has 15 heteroatoms. The first-order chi connectivity index (χ1) is 17.8. The number of aliphatic carboxylic acids is 2. The third-order valence-corrected chi connectivity index (χ3v) is 5.59. The number of nitrogens with two attached hydrogens (primary N) is 2. The quantitative estimate of drug-likeness (QED) is 0.121. The molecule has 0 fully saturated rings. The number of amides is 4. The Morgan fingerprint density at radius 1 is 0.895 bits per heavy atom. The molecule has 15 nitrogen and oxygen atoms in total. The molecule has 1 aromatic carbocycles. The highest BCUT2D eigenvalue weighted by atomic mass is 16.4. The molecule has 5 atom stereocenters. The molecule has 2 rings (SSSR count). The third-order valence-electron chi connectivity index (χ3n) is 5.59. The van der Waals surface area contributed by atoms with E-state index in [4.69, 9.17) is 16.6 Å². The molecule has 5 unspecified atom stereocenters. The Bertz CT molecular complexity index is 1210. The molecule has 206 valence electrons. The number of carbonyl (C=O) groups excluding carboxylic acids is 4. The minimum atomic E-state index is -1.74. The van der Waals surface area contributed by atoms with Crippen LogP contribution in [0.3, 0.4) is 0 Å². The van der Waals surface area contributed by atoms with Gasteiger partial charge in [0.2, 0.25) is 23.6 Å². The summed E-state index contributed by atoms with van der Waals surface area (Å²) in [6, 6.07) is 0.709. The summed E-state index contributed by atoms with van der Waals surface area (Å²) in [4.78, 5) is 75.5. The molecular weight excluding hydrogens is 504 g/mol. The molecule has 2 aromatic rings. The van der Waals surface area contributed by atoms with Crippen molar-refractivity contribution in [1.82, 2.24) is 20.9 Å². The van der Waals surface area contributed by atoms with E-state index in [9.17, 15) is 39.0 Å². The Morgan fingerprint density at radius 3 is 2.00 bits per heavy atom. The van der Waals surface area contributed by atoms with E-state index in [1.54, 1.807) is 30.5 Å². The lowest BCUT2D eigenvalue weighted by Crippen LogP contribution is -2.59. The molecule has 38 heavy (non-hydrogen) atoms. The molecule has 0 bridgehead atoms. The largest absolute Gasteiger partial charge is 0.481 e. The lowest BCUT2D eigenvalue weighted by molar-refractivity contribution is -0.143. The summed E-state index contributed by atoms with van der Waals surface area (Å²) >= 11 is 0. The maximum absolute atomic E-state index is 12.9. The summed E-state index contributed by atoms with van der Waals surface area (Å²) in [5.41, 5.74) is 12.0. The highest BCUT2D eigenvalue weighted by Crippen LogP contribution is 2.19. The number of fused-ring (bicyclic) bond motifs is 1. The standard InChI is InChI=1S/C23H30N6O9/c1-10(30)19(25)22(36)28-15(8-18(32)33)21(35)27-14(7-17(24)31)20(34)29-16(23(37)38)6-11-9-26-13-5-3-2-4-12(11)13/h2-5,9-10,14-16,19,26,30H,6-8,25H2,1H3,(H2,24,31)(H,27,35)(H,28,36)(H,29,34)(H,32,33)(H,37,38). The van der Waals surface area contributed by atoms with Crippen LogP contribution in [-0.2, 0) is 35.2 Å². The molecule has 4 amide bonds. The second-order valence-corrected chi connectivity index (χ2v) is 8.62. The maximum atomic E-state index is 12.9. The first kappa shape index (κ1) is 29.7. The minimum Gasteiger partial charge on any atom is -0.481 e. The van der Waals surface area contributed by atoms with Crippen LogP contribution < -0.4 is 27.4 Å². The molecule has 1 heterocycles. The van der Waals surface area contributed by atoms with Gasteiger partial charge in [0.1, 0.15) is 24.2 Å². The predicted octanol–water partition coefficient (Wildman–Crippen LogP) is -2.69. The van der Waals surface area contributed by atoms with E-state index in [0.717, 1.165) is 10.9 Å². The molecule has 0 radical (unpaired) electrons. The number of hydrogen-bond acceptors (Lipinski definition) is 8. The normalized spacial score (nSPS) is 14.9. The number of hydrogen-bond donors (Lipinski definition) is 9.